The van der Waals surface area contributed by atoms with E-state index >= 15 is 0 Å². The summed E-state index contributed by atoms with van der Waals surface area (Å²) in [5.74, 6) is -0.0670. The van der Waals surface area contributed by atoms with E-state index < -0.39 is 18.7 Å². The first-order chi connectivity index (χ1) is 16.3. The molecule has 0 aliphatic rings. The largest absolute Gasteiger partial charge is 0.483 e. The van der Waals surface area contributed by atoms with Crippen LogP contribution in [0.1, 0.15) is 21.6 Å². The topological polar surface area (TPSA) is 79.4 Å². The molecular formula is C24H17F3N4O2S. The summed E-state index contributed by atoms with van der Waals surface area (Å²) in [6.45, 7) is -1.51. The third-order valence-corrected chi connectivity index (χ3v) is 5.78. The van der Waals surface area contributed by atoms with Gasteiger partial charge in [0.2, 0.25) is 0 Å². The van der Waals surface area contributed by atoms with Crippen molar-refractivity contribution < 1.29 is 22.7 Å². The smallest absolute Gasteiger partial charge is 0.422 e. The lowest BCUT2D eigenvalue weighted by atomic mass is 10.1. The molecule has 0 aliphatic carbocycles. The molecule has 4 aromatic rings. The molecule has 0 unspecified atom stereocenters. The second kappa shape index (κ2) is 9.89. The van der Waals surface area contributed by atoms with Crippen molar-refractivity contribution >= 4 is 29.0 Å². The SMILES string of the molecule is N#Cc1cc(NC(=O)c2ccccc2SCc2cn3ccccc3n2)ccc1OCC(F)(F)F. The number of nitrogens with zero attached hydrogens (tertiary/aromatic N) is 3. The summed E-state index contributed by atoms with van der Waals surface area (Å²) in [6.07, 6.45) is -0.687. The Morgan fingerprint density at radius 3 is 2.71 bits per heavy atom. The van der Waals surface area contributed by atoms with Crippen molar-refractivity contribution in [2.75, 3.05) is 11.9 Å². The molecule has 0 fully saturated rings. The van der Waals surface area contributed by atoms with Gasteiger partial charge >= 0.3 is 6.18 Å². The zero-order valence-corrected chi connectivity index (χ0v) is 18.4. The van der Waals surface area contributed by atoms with Gasteiger partial charge in [-0.05, 0) is 42.5 Å². The maximum absolute atomic E-state index is 12.9. The molecule has 1 amide bonds. The first kappa shape index (κ1) is 23.2. The van der Waals surface area contributed by atoms with Crippen LogP contribution in [-0.4, -0.2) is 28.1 Å². The van der Waals surface area contributed by atoms with Gasteiger partial charge in [-0.2, -0.15) is 18.4 Å². The van der Waals surface area contributed by atoms with E-state index in [0.29, 0.717) is 11.3 Å². The average Bonchev–Trinajstić information content (AvgIpc) is 3.24. The van der Waals surface area contributed by atoms with Crippen LogP contribution in [0.4, 0.5) is 18.9 Å². The number of carbonyl (C=O) groups excluding carboxylic acids is 1. The number of halogens is 3. The monoisotopic (exact) mass is 482 g/mol. The first-order valence-corrected chi connectivity index (χ1v) is 11.0. The molecule has 0 atom stereocenters. The average molecular weight is 482 g/mol. The minimum atomic E-state index is -4.52. The van der Waals surface area contributed by atoms with Crippen molar-refractivity contribution in [3.63, 3.8) is 0 Å². The lowest BCUT2D eigenvalue weighted by Gasteiger charge is -2.13. The van der Waals surface area contributed by atoms with Gasteiger partial charge in [0.1, 0.15) is 17.5 Å². The molecule has 0 radical (unpaired) electrons. The molecule has 6 nitrogen and oxygen atoms in total. The molecule has 0 bridgehead atoms. The Morgan fingerprint density at radius 1 is 1.15 bits per heavy atom. The predicted molar refractivity (Wildman–Crippen MR) is 122 cm³/mol. The number of imidazole rings is 1. The third-order valence-electron chi connectivity index (χ3n) is 4.67. The lowest BCUT2D eigenvalue weighted by molar-refractivity contribution is -0.153. The van der Waals surface area contributed by atoms with Crippen molar-refractivity contribution in [1.82, 2.24) is 9.38 Å². The fraction of sp³-hybridized carbons (Fsp3) is 0.125. The molecule has 172 valence electrons. The van der Waals surface area contributed by atoms with Crippen LogP contribution in [-0.2, 0) is 5.75 Å². The van der Waals surface area contributed by atoms with E-state index in [2.05, 4.69) is 15.0 Å². The molecule has 0 saturated heterocycles. The number of aromatic nitrogens is 2. The number of rotatable bonds is 7. The zero-order chi connectivity index (χ0) is 24.1. The molecule has 2 aromatic heterocycles. The fourth-order valence-corrected chi connectivity index (χ4v) is 4.10. The van der Waals surface area contributed by atoms with E-state index in [-0.39, 0.29) is 17.0 Å². The molecule has 0 spiro atoms. The Balaban J connectivity index is 1.46. The van der Waals surface area contributed by atoms with Crippen LogP contribution in [0.25, 0.3) is 5.65 Å². The highest BCUT2D eigenvalue weighted by atomic mass is 32.2. The number of amides is 1. The maximum atomic E-state index is 12.9. The number of alkyl halides is 3. The molecule has 1 N–H and O–H groups in total. The number of benzene rings is 2. The van der Waals surface area contributed by atoms with Gasteiger partial charge in [-0.1, -0.05) is 18.2 Å². The summed E-state index contributed by atoms with van der Waals surface area (Å²) in [5, 5.41) is 12.0. The van der Waals surface area contributed by atoms with Gasteiger partial charge in [0.15, 0.2) is 6.61 Å². The van der Waals surface area contributed by atoms with Crippen molar-refractivity contribution in [3.8, 4) is 11.8 Å². The zero-order valence-electron chi connectivity index (χ0n) is 17.5. The predicted octanol–water partition coefficient (Wildman–Crippen LogP) is 5.69. The van der Waals surface area contributed by atoms with Gasteiger partial charge in [-0.25, -0.2) is 4.98 Å². The summed E-state index contributed by atoms with van der Waals surface area (Å²) in [5.41, 5.74) is 2.27. The number of carbonyl (C=O) groups is 1. The van der Waals surface area contributed by atoms with Gasteiger partial charge in [0.25, 0.3) is 5.91 Å². The Labute approximate surface area is 197 Å². The number of thioether (sulfide) groups is 1. The Kier molecular flexibility index (Phi) is 6.75. The highest BCUT2D eigenvalue weighted by Crippen LogP contribution is 2.28. The molecule has 0 aliphatic heterocycles. The molecule has 0 saturated carbocycles. The fourth-order valence-electron chi connectivity index (χ4n) is 3.17. The normalized spacial score (nSPS) is 11.2. The Bertz CT molecular complexity index is 1350. The van der Waals surface area contributed by atoms with Crippen LogP contribution >= 0.6 is 11.8 Å². The minimum Gasteiger partial charge on any atom is -0.483 e. The third kappa shape index (κ3) is 5.68. The van der Waals surface area contributed by atoms with Gasteiger partial charge in [-0.15, -0.1) is 11.8 Å². The molecule has 2 heterocycles. The van der Waals surface area contributed by atoms with Crippen LogP contribution < -0.4 is 10.1 Å². The number of fused-ring (bicyclic) bond motifs is 1. The summed E-state index contributed by atoms with van der Waals surface area (Å²) < 4.78 is 43.8. The minimum absolute atomic E-state index is 0.114. The van der Waals surface area contributed by atoms with Crippen LogP contribution in [0.5, 0.6) is 5.75 Å². The number of nitriles is 1. The summed E-state index contributed by atoms with van der Waals surface area (Å²) in [6, 6.07) is 18.5. The second-order valence-corrected chi connectivity index (χ2v) is 8.18. The van der Waals surface area contributed by atoms with Crippen molar-refractivity contribution in [1.29, 1.82) is 5.26 Å². The van der Waals surface area contributed by atoms with Gasteiger partial charge in [0, 0.05) is 28.7 Å². The van der Waals surface area contributed by atoms with E-state index in [1.165, 1.54) is 30.0 Å². The first-order valence-electron chi connectivity index (χ1n) is 10.0. The molecule has 2 aromatic carbocycles. The van der Waals surface area contributed by atoms with E-state index in [9.17, 15) is 23.2 Å². The van der Waals surface area contributed by atoms with E-state index in [4.69, 9.17) is 0 Å². The number of nitrogens with one attached hydrogen (secondary N) is 1. The van der Waals surface area contributed by atoms with Gasteiger partial charge in [0.05, 0.1) is 16.8 Å². The van der Waals surface area contributed by atoms with Crippen molar-refractivity contribution in [2.45, 2.75) is 16.8 Å². The highest BCUT2D eigenvalue weighted by Gasteiger charge is 2.29. The van der Waals surface area contributed by atoms with E-state index in [1.807, 2.05) is 47.1 Å². The van der Waals surface area contributed by atoms with Crippen LogP contribution in [0.3, 0.4) is 0 Å². The molecule has 4 rings (SSSR count). The van der Waals surface area contributed by atoms with Crippen LogP contribution in [0, 0.1) is 11.3 Å². The number of hydrogen-bond acceptors (Lipinski definition) is 5. The quantitative estimate of drug-likeness (QED) is 0.342. The highest BCUT2D eigenvalue weighted by molar-refractivity contribution is 7.98. The maximum Gasteiger partial charge on any atom is 0.422 e. The van der Waals surface area contributed by atoms with Crippen LogP contribution in [0.15, 0.2) is 78.0 Å². The van der Waals surface area contributed by atoms with Gasteiger partial charge < -0.3 is 14.5 Å². The van der Waals surface area contributed by atoms with Gasteiger partial charge in [-0.3, -0.25) is 4.79 Å². The number of ether oxygens (including phenoxy) is 1. The number of hydrogen-bond donors (Lipinski definition) is 1. The lowest BCUT2D eigenvalue weighted by Crippen LogP contribution is -2.19. The number of pyridine rings is 1. The second-order valence-electron chi connectivity index (χ2n) is 7.16. The molecule has 10 heteroatoms. The summed E-state index contributed by atoms with van der Waals surface area (Å²) in [4.78, 5) is 18.2. The van der Waals surface area contributed by atoms with E-state index in [1.54, 1.807) is 18.2 Å². The number of anilines is 1. The van der Waals surface area contributed by atoms with Crippen LogP contribution in [0.2, 0.25) is 0 Å². The van der Waals surface area contributed by atoms with E-state index in [0.717, 1.165) is 16.2 Å². The molecule has 34 heavy (non-hydrogen) atoms. The summed E-state index contributed by atoms with van der Waals surface area (Å²) in [7, 11) is 0. The van der Waals surface area contributed by atoms with Crippen molar-refractivity contribution in [2.24, 2.45) is 0 Å². The standard InChI is InChI=1S/C24H17F3N4O2S/c25-24(26,27)15-33-20-9-8-17(11-16(20)12-28)30-23(32)19-5-1-2-6-21(19)34-14-18-13-31-10-4-3-7-22(31)29-18/h1-11,13H,14-15H2,(H,30,32). The summed E-state index contributed by atoms with van der Waals surface area (Å²) >= 11 is 1.46. The Hall–Kier alpha value is -3.97. The molecular weight excluding hydrogens is 465 g/mol. The Morgan fingerprint density at radius 2 is 1.94 bits per heavy atom. The van der Waals surface area contributed by atoms with Crippen molar-refractivity contribution in [3.05, 3.63) is 89.9 Å².